The van der Waals surface area contributed by atoms with Crippen molar-refractivity contribution in [2.24, 2.45) is 0 Å². The van der Waals surface area contributed by atoms with E-state index >= 15 is 0 Å². The van der Waals surface area contributed by atoms with Crippen LogP contribution in [0, 0.1) is 0 Å². The minimum absolute atomic E-state index is 1.11. The second-order valence-electron chi connectivity index (χ2n) is 6.77. The van der Waals surface area contributed by atoms with Crippen LogP contribution in [-0.4, -0.2) is 9.78 Å². The van der Waals surface area contributed by atoms with Crippen molar-refractivity contribution in [2.75, 3.05) is 0 Å². The Hall–Kier alpha value is -2.87. The molecule has 0 amide bonds. The summed E-state index contributed by atoms with van der Waals surface area (Å²) in [4.78, 5) is 0. The van der Waals surface area contributed by atoms with Gasteiger partial charge in [0.15, 0.2) is 0 Å². The first-order valence-corrected chi connectivity index (χ1v) is 9.06. The van der Waals surface area contributed by atoms with Gasteiger partial charge in [0.05, 0.1) is 11.2 Å². The number of aromatic nitrogens is 2. The lowest BCUT2D eigenvalue weighted by Crippen LogP contribution is -2.03. The standard InChI is InChI=1S/C23H20N2/c1-3-10-18(11-4-1)23-22-20-14-8-7-9-17(20)15-16-21(22)25(24-23)19-12-5-2-6-13-19/h1-6,10-13,15-16H,7-9,14H2. The highest BCUT2D eigenvalue weighted by atomic mass is 15.3. The molecule has 0 saturated heterocycles. The van der Waals surface area contributed by atoms with E-state index in [2.05, 4.69) is 77.5 Å². The summed E-state index contributed by atoms with van der Waals surface area (Å²) >= 11 is 0. The van der Waals surface area contributed by atoms with Gasteiger partial charge < -0.3 is 0 Å². The van der Waals surface area contributed by atoms with Gasteiger partial charge in [-0.25, -0.2) is 4.68 Å². The Morgan fingerprint density at radius 3 is 2.24 bits per heavy atom. The van der Waals surface area contributed by atoms with Crippen molar-refractivity contribution in [3.05, 3.63) is 83.9 Å². The van der Waals surface area contributed by atoms with E-state index in [0.29, 0.717) is 0 Å². The largest absolute Gasteiger partial charge is 0.232 e. The van der Waals surface area contributed by atoms with Crippen LogP contribution in [0.5, 0.6) is 0 Å². The molecule has 4 aromatic rings. The molecule has 1 aliphatic rings. The average Bonchev–Trinajstić information content (AvgIpc) is 3.09. The molecule has 1 heterocycles. The summed E-state index contributed by atoms with van der Waals surface area (Å²) in [7, 11) is 0. The zero-order chi connectivity index (χ0) is 16.6. The lowest BCUT2D eigenvalue weighted by molar-refractivity contribution is 0.690. The molecular weight excluding hydrogens is 304 g/mol. The fraction of sp³-hybridized carbons (Fsp3) is 0.174. The zero-order valence-corrected chi connectivity index (χ0v) is 14.2. The van der Waals surface area contributed by atoms with Crippen molar-refractivity contribution < 1.29 is 0 Å². The van der Waals surface area contributed by atoms with Gasteiger partial charge in [0.25, 0.3) is 0 Å². The number of benzene rings is 3. The van der Waals surface area contributed by atoms with Gasteiger partial charge in [-0.1, -0.05) is 54.6 Å². The average molecular weight is 324 g/mol. The maximum atomic E-state index is 5.05. The first-order valence-electron chi connectivity index (χ1n) is 9.06. The maximum absolute atomic E-state index is 5.05. The smallest absolute Gasteiger partial charge is 0.101 e. The molecule has 0 atom stereocenters. The lowest BCUT2D eigenvalue weighted by Gasteiger charge is -2.17. The molecule has 0 radical (unpaired) electrons. The number of fused-ring (bicyclic) bond motifs is 3. The van der Waals surface area contributed by atoms with Crippen molar-refractivity contribution in [3.63, 3.8) is 0 Å². The van der Waals surface area contributed by atoms with Crippen molar-refractivity contribution in [1.82, 2.24) is 9.78 Å². The highest BCUT2D eigenvalue weighted by Crippen LogP contribution is 2.36. The number of rotatable bonds is 2. The first-order chi connectivity index (χ1) is 12.4. The molecule has 0 bridgehead atoms. The van der Waals surface area contributed by atoms with Crippen LogP contribution in [0.4, 0.5) is 0 Å². The van der Waals surface area contributed by atoms with Gasteiger partial charge in [-0.2, -0.15) is 5.10 Å². The Kier molecular flexibility index (Phi) is 3.41. The van der Waals surface area contributed by atoms with E-state index in [0.717, 1.165) is 17.8 Å². The van der Waals surface area contributed by atoms with E-state index < -0.39 is 0 Å². The van der Waals surface area contributed by atoms with E-state index in [4.69, 9.17) is 5.10 Å². The quantitative estimate of drug-likeness (QED) is 0.471. The Balaban J connectivity index is 1.86. The summed E-state index contributed by atoms with van der Waals surface area (Å²) in [6.07, 6.45) is 4.92. The number of aryl methyl sites for hydroxylation is 2. The van der Waals surface area contributed by atoms with Crippen molar-refractivity contribution in [1.29, 1.82) is 0 Å². The minimum atomic E-state index is 1.11. The van der Waals surface area contributed by atoms with Gasteiger partial charge in [-0.15, -0.1) is 0 Å². The van der Waals surface area contributed by atoms with Crippen LogP contribution in [0.25, 0.3) is 27.8 Å². The molecule has 122 valence electrons. The molecule has 0 aliphatic heterocycles. The van der Waals surface area contributed by atoms with Crippen LogP contribution in [0.3, 0.4) is 0 Å². The number of para-hydroxylation sites is 1. The van der Waals surface area contributed by atoms with Crippen LogP contribution in [0.15, 0.2) is 72.8 Å². The number of hydrogen-bond acceptors (Lipinski definition) is 1. The predicted octanol–water partition coefficient (Wildman–Crippen LogP) is 5.57. The van der Waals surface area contributed by atoms with E-state index in [9.17, 15) is 0 Å². The normalized spacial score (nSPS) is 13.8. The van der Waals surface area contributed by atoms with Crippen molar-refractivity contribution in [3.8, 4) is 16.9 Å². The second kappa shape index (κ2) is 5.89. The summed E-state index contributed by atoms with van der Waals surface area (Å²) in [5.74, 6) is 0. The second-order valence-corrected chi connectivity index (χ2v) is 6.77. The summed E-state index contributed by atoms with van der Waals surface area (Å²) in [5.41, 5.74) is 7.64. The molecule has 3 aromatic carbocycles. The molecular formula is C23H20N2. The van der Waals surface area contributed by atoms with Crippen LogP contribution >= 0.6 is 0 Å². The highest BCUT2D eigenvalue weighted by molar-refractivity contribution is 5.97. The monoisotopic (exact) mass is 324 g/mol. The SMILES string of the molecule is c1ccc(-c2nn(-c3ccccc3)c3ccc4c(c23)CCCC4)cc1. The predicted molar refractivity (Wildman–Crippen MR) is 103 cm³/mol. The first kappa shape index (κ1) is 14.5. The molecule has 0 saturated carbocycles. The molecule has 0 unspecified atom stereocenters. The van der Waals surface area contributed by atoms with Crippen LogP contribution in [-0.2, 0) is 12.8 Å². The number of hydrogen-bond donors (Lipinski definition) is 0. The third kappa shape index (κ3) is 2.37. The van der Waals surface area contributed by atoms with Gasteiger partial charge in [0.1, 0.15) is 5.69 Å². The summed E-state index contributed by atoms with van der Waals surface area (Å²) < 4.78 is 2.10. The van der Waals surface area contributed by atoms with Gasteiger partial charge in [-0.3, -0.25) is 0 Å². The van der Waals surface area contributed by atoms with E-state index in [-0.39, 0.29) is 0 Å². The Morgan fingerprint density at radius 1 is 0.720 bits per heavy atom. The molecule has 5 rings (SSSR count). The van der Waals surface area contributed by atoms with Gasteiger partial charge in [-0.05, 0) is 55.0 Å². The van der Waals surface area contributed by atoms with Crippen LogP contribution in [0.1, 0.15) is 24.0 Å². The van der Waals surface area contributed by atoms with Crippen LogP contribution in [0.2, 0.25) is 0 Å². The Labute approximate surface area is 147 Å². The van der Waals surface area contributed by atoms with Gasteiger partial charge >= 0.3 is 0 Å². The minimum Gasteiger partial charge on any atom is -0.232 e. The fourth-order valence-electron chi connectivity index (χ4n) is 4.02. The molecule has 1 aromatic heterocycles. The maximum Gasteiger partial charge on any atom is 0.101 e. The van der Waals surface area contributed by atoms with Gasteiger partial charge in [0, 0.05) is 10.9 Å². The highest BCUT2D eigenvalue weighted by Gasteiger charge is 2.20. The summed E-state index contributed by atoms with van der Waals surface area (Å²) in [6.45, 7) is 0. The van der Waals surface area contributed by atoms with E-state index in [1.54, 1.807) is 0 Å². The number of nitrogens with zero attached hydrogens (tertiary/aromatic N) is 2. The molecule has 0 fully saturated rings. The molecule has 0 spiro atoms. The molecule has 0 N–H and O–H groups in total. The lowest BCUT2D eigenvalue weighted by atomic mass is 9.88. The molecule has 25 heavy (non-hydrogen) atoms. The van der Waals surface area contributed by atoms with E-state index in [1.807, 2.05) is 0 Å². The van der Waals surface area contributed by atoms with Gasteiger partial charge in [0.2, 0.25) is 0 Å². The summed E-state index contributed by atoms with van der Waals surface area (Å²) in [5, 5.41) is 6.39. The zero-order valence-electron chi connectivity index (χ0n) is 14.2. The van der Waals surface area contributed by atoms with Crippen molar-refractivity contribution >= 4 is 10.9 Å². The topological polar surface area (TPSA) is 17.8 Å². The Morgan fingerprint density at radius 2 is 1.44 bits per heavy atom. The van der Waals surface area contributed by atoms with E-state index in [1.165, 1.54) is 46.9 Å². The fourth-order valence-corrected chi connectivity index (χ4v) is 4.02. The van der Waals surface area contributed by atoms with Crippen LogP contribution < -0.4 is 0 Å². The molecule has 2 heteroatoms. The molecule has 1 aliphatic carbocycles. The Bertz CT molecular complexity index is 1030. The summed E-state index contributed by atoms with van der Waals surface area (Å²) in [6, 6.07) is 25.6. The third-order valence-electron chi connectivity index (χ3n) is 5.22. The molecule has 2 nitrogen and oxygen atoms in total. The third-order valence-corrected chi connectivity index (χ3v) is 5.22. The van der Waals surface area contributed by atoms with Crippen molar-refractivity contribution in [2.45, 2.75) is 25.7 Å².